The first-order valence-corrected chi connectivity index (χ1v) is 7.34. The van der Waals surface area contributed by atoms with Gasteiger partial charge >= 0.3 is 0 Å². The highest BCUT2D eigenvalue weighted by Crippen LogP contribution is 2.05. The van der Waals surface area contributed by atoms with Crippen molar-refractivity contribution in [3.05, 3.63) is 0 Å². The third kappa shape index (κ3) is 7.48. The Hall–Kier alpha value is -1.10. The molecule has 118 valence electrons. The van der Waals surface area contributed by atoms with Gasteiger partial charge in [-0.25, -0.2) is 0 Å². The zero-order valence-corrected chi connectivity index (χ0v) is 14.1. The van der Waals surface area contributed by atoms with Crippen molar-refractivity contribution >= 4 is 11.8 Å². The highest BCUT2D eigenvalue weighted by Gasteiger charge is 2.25. The maximum absolute atomic E-state index is 12.0. The Morgan fingerprint density at radius 2 is 1.60 bits per heavy atom. The molecule has 0 bridgehead atoms. The maximum atomic E-state index is 12.0. The first-order valence-electron chi connectivity index (χ1n) is 7.34. The summed E-state index contributed by atoms with van der Waals surface area (Å²) >= 11 is 0. The molecule has 0 saturated heterocycles. The van der Waals surface area contributed by atoms with Crippen LogP contribution in [0.4, 0.5) is 0 Å². The quantitative estimate of drug-likeness (QED) is 0.729. The van der Waals surface area contributed by atoms with Crippen molar-refractivity contribution in [1.82, 2.24) is 15.1 Å². The zero-order chi connectivity index (χ0) is 15.9. The van der Waals surface area contributed by atoms with Gasteiger partial charge < -0.3 is 10.2 Å². The summed E-state index contributed by atoms with van der Waals surface area (Å²) in [6, 6.07) is -0.448. The number of nitrogens with zero attached hydrogens (tertiary/aromatic N) is 2. The lowest BCUT2D eigenvalue weighted by molar-refractivity contribution is -0.135. The van der Waals surface area contributed by atoms with Crippen LogP contribution in [0.2, 0.25) is 0 Å². The molecule has 20 heavy (non-hydrogen) atoms. The van der Waals surface area contributed by atoms with Crippen LogP contribution in [0, 0.1) is 11.8 Å². The van der Waals surface area contributed by atoms with Crippen molar-refractivity contribution in [3.63, 3.8) is 0 Å². The van der Waals surface area contributed by atoms with Crippen molar-refractivity contribution in [2.24, 2.45) is 11.8 Å². The van der Waals surface area contributed by atoms with Crippen LogP contribution < -0.4 is 5.32 Å². The number of nitrogens with one attached hydrogen (secondary N) is 1. The Kier molecular flexibility index (Phi) is 8.46. The van der Waals surface area contributed by atoms with E-state index in [1.54, 1.807) is 14.1 Å². The van der Waals surface area contributed by atoms with E-state index in [4.69, 9.17) is 0 Å². The molecule has 0 saturated carbocycles. The second-order valence-corrected chi connectivity index (χ2v) is 6.44. The first kappa shape index (κ1) is 18.9. The standard InChI is InChI=1S/C15H31N3O2/c1-11(2)8-9-18(7)10-13(19)16-14(12(3)4)15(20)17(5)6/h11-12,14H,8-10H2,1-7H3,(H,16,19). The number of carbonyl (C=O) groups is 2. The van der Waals surface area contributed by atoms with Crippen molar-refractivity contribution in [1.29, 1.82) is 0 Å². The fraction of sp³-hybridized carbons (Fsp3) is 0.867. The number of hydrogen-bond acceptors (Lipinski definition) is 3. The molecular weight excluding hydrogens is 254 g/mol. The number of amides is 2. The lowest BCUT2D eigenvalue weighted by Gasteiger charge is -2.26. The van der Waals surface area contributed by atoms with E-state index in [-0.39, 0.29) is 17.7 Å². The van der Waals surface area contributed by atoms with Crippen LogP contribution in [0.1, 0.15) is 34.1 Å². The molecular formula is C15H31N3O2. The van der Waals surface area contributed by atoms with Crippen molar-refractivity contribution in [2.75, 3.05) is 34.2 Å². The number of hydrogen-bond donors (Lipinski definition) is 1. The highest BCUT2D eigenvalue weighted by molar-refractivity contribution is 5.88. The summed E-state index contributed by atoms with van der Waals surface area (Å²) < 4.78 is 0. The minimum Gasteiger partial charge on any atom is -0.347 e. The van der Waals surface area contributed by atoms with Gasteiger partial charge in [0.15, 0.2) is 0 Å². The molecule has 0 aromatic heterocycles. The van der Waals surface area contributed by atoms with E-state index >= 15 is 0 Å². The van der Waals surface area contributed by atoms with Crippen LogP contribution in [-0.2, 0) is 9.59 Å². The lowest BCUT2D eigenvalue weighted by atomic mass is 10.0. The SMILES string of the molecule is CC(C)CCN(C)CC(=O)NC(C(=O)N(C)C)C(C)C. The molecule has 0 spiro atoms. The lowest BCUT2D eigenvalue weighted by Crippen LogP contribution is -2.51. The van der Waals surface area contributed by atoms with Crippen LogP contribution >= 0.6 is 0 Å². The van der Waals surface area contributed by atoms with E-state index in [1.165, 1.54) is 4.90 Å². The Bertz CT molecular complexity index is 314. The van der Waals surface area contributed by atoms with Crippen LogP contribution in [0.5, 0.6) is 0 Å². The van der Waals surface area contributed by atoms with Gasteiger partial charge in [-0.2, -0.15) is 0 Å². The number of rotatable bonds is 8. The topological polar surface area (TPSA) is 52.7 Å². The number of likely N-dealkylation sites (N-methyl/N-ethyl adjacent to an activating group) is 2. The zero-order valence-electron chi connectivity index (χ0n) is 14.1. The van der Waals surface area contributed by atoms with E-state index in [0.29, 0.717) is 12.5 Å². The largest absolute Gasteiger partial charge is 0.347 e. The fourth-order valence-electron chi connectivity index (χ4n) is 1.81. The summed E-state index contributed by atoms with van der Waals surface area (Å²) in [5, 5.41) is 2.84. The summed E-state index contributed by atoms with van der Waals surface area (Å²) in [7, 11) is 5.34. The van der Waals surface area contributed by atoms with Gasteiger partial charge in [0.05, 0.1) is 6.54 Å². The van der Waals surface area contributed by atoms with Gasteiger partial charge in [0.2, 0.25) is 11.8 Å². The van der Waals surface area contributed by atoms with Gasteiger partial charge in [-0.15, -0.1) is 0 Å². The molecule has 0 aromatic rings. The summed E-state index contributed by atoms with van der Waals surface area (Å²) in [5.41, 5.74) is 0. The molecule has 0 aliphatic carbocycles. The van der Waals surface area contributed by atoms with Crippen molar-refractivity contribution in [2.45, 2.75) is 40.2 Å². The van der Waals surface area contributed by atoms with E-state index in [1.807, 2.05) is 25.8 Å². The molecule has 0 fully saturated rings. The minimum atomic E-state index is -0.448. The molecule has 1 unspecified atom stereocenters. The fourth-order valence-corrected chi connectivity index (χ4v) is 1.81. The van der Waals surface area contributed by atoms with Crippen LogP contribution in [-0.4, -0.2) is 61.9 Å². The van der Waals surface area contributed by atoms with E-state index in [2.05, 4.69) is 19.2 Å². The Balaban J connectivity index is 4.37. The van der Waals surface area contributed by atoms with E-state index < -0.39 is 6.04 Å². The molecule has 0 heterocycles. The molecule has 0 aromatic carbocycles. The minimum absolute atomic E-state index is 0.0572. The van der Waals surface area contributed by atoms with E-state index in [9.17, 15) is 9.59 Å². The van der Waals surface area contributed by atoms with Gasteiger partial charge in [-0.1, -0.05) is 27.7 Å². The highest BCUT2D eigenvalue weighted by atomic mass is 16.2. The molecule has 1 N–H and O–H groups in total. The monoisotopic (exact) mass is 285 g/mol. The van der Waals surface area contributed by atoms with Crippen LogP contribution in [0.15, 0.2) is 0 Å². The summed E-state index contributed by atoms with van der Waals surface area (Å²) in [6.07, 6.45) is 1.06. The van der Waals surface area contributed by atoms with Gasteiger partial charge in [0.1, 0.15) is 6.04 Å². The normalized spacial score (nSPS) is 12.9. The average molecular weight is 285 g/mol. The van der Waals surface area contributed by atoms with E-state index in [0.717, 1.165) is 13.0 Å². The first-order chi connectivity index (χ1) is 9.15. The van der Waals surface area contributed by atoms with Crippen molar-refractivity contribution in [3.8, 4) is 0 Å². The van der Waals surface area contributed by atoms with Crippen LogP contribution in [0.25, 0.3) is 0 Å². The molecule has 0 aliphatic heterocycles. The van der Waals surface area contributed by atoms with Crippen LogP contribution in [0.3, 0.4) is 0 Å². The van der Waals surface area contributed by atoms with Gasteiger partial charge in [-0.3, -0.25) is 14.5 Å². The third-order valence-corrected chi connectivity index (χ3v) is 3.19. The summed E-state index contributed by atoms with van der Waals surface area (Å²) in [4.78, 5) is 27.5. The molecule has 0 rings (SSSR count). The number of carbonyl (C=O) groups excluding carboxylic acids is 2. The molecule has 1 atom stereocenters. The Morgan fingerprint density at radius 1 is 1.05 bits per heavy atom. The third-order valence-electron chi connectivity index (χ3n) is 3.19. The molecule has 5 heteroatoms. The predicted molar refractivity (Wildman–Crippen MR) is 82.4 cm³/mol. The van der Waals surface area contributed by atoms with Gasteiger partial charge in [0, 0.05) is 14.1 Å². The molecule has 0 aliphatic rings. The van der Waals surface area contributed by atoms with Gasteiger partial charge in [0.25, 0.3) is 0 Å². The summed E-state index contributed by atoms with van der Waals surface area (Å²) in [6.45, 7) is 9.43. The van der Waals surface area contributed by atoms with Crippen molar-refractivity contribution < 1.29 is 9.59 Å². The Morgan fingerprint density at radius 3 is 2.00 bits per heavy atom. The predicted octanol–water partition coefficient (Wildman–Crippen LogP) is 1.19. The molecule has 2 amide bonds. The Labute approximate surface area is 123 Å². The maximum Gasteiger partial charge on any atom is 0.244 e. The van der Waals surface area contributed by atoms with Gasteiger partial charge in [-0.05, 0) is 31.8 Å². The molecule has 5 nitrogen and oxygen atoms in total. The average Bonchev–Trinajstić information content (AvgIpc) is 2.32. The molecule has 0 radical (unpaired) electrons. The second kappa shape index (κ2) is 8.95. The smallest absolute Gasteiger partial charge is 0.244 e. The summed E-state index contributed by atoms with van der Waals surface area (Å²) in [5.74, 6) is 0.553. The second-order valence-electron chi connectivity index (χ2n) is 6.44.